The first-order valence-electron chi connectivity index (χ1n) is 5.66. The van der Waals surface area contributed by atoms with E-state index in [0.717, 1.165) is 0 Å². The van der Waals surface area contributed by atoms with Gasteiger partial charge in [-0.05, 0) is 20.8 Å². The highest BCUT2D eigenvalue weighted by molar-refractivity contribution is 5.68. The molecule has 2 fully saturated rings. The molecular formula is C11H19NO4. The van der Waals surface area contributed by atoms with Crippen LogP contribution >= 0.6 is 0 Å². The molecule has 92 valence electrons. The lowest BCUT2D eigenvalue weighted by molar-refractivity contribution is -0.0642. The van der Waals surface area contributed by atoms with E-state index in [4.69, 9.17) is 9.47 Å². The summed E-state index contributed by atoms with van der Waals surface area (Å²) in [6, 6.07) is 0. The molecule has 2 saturated heterocycles. The number of fused-ring (bicyclic) bond motifs is 2. The zero-order valence-corrected chi connectivity index (χ0v) is 9.97. The number of hydrogen-bond acceptors (Lipinski definition) is 4. The molecule has 2 heterocycles. The zero-order valence-electron chi connectivity index (χ0n) is 9.97. The van der Waals surface area contributed by atoms with Crippen molar-refractivity contribution < 1.29 is 19.4 Å². The lowest BCUT2D eigenvalue weighted by Crippen LogP contribution is -2.48. The molecule has 1 amide bonds. The molecule has 0 radical (unpaired) electrons. The van der Waals surface area contributed by atoms with E-state index in [0.29, 0.717) is 19.5 Å². The van der Waals surface area contributed by atoms with Crippen molar-refractivity contribution in [1.29, 1.82) is 0 Å². The van der Waals surface area contributed by atoms with Gasteiger partial charge < -0.3 is 19.5 Å². The summed E-state index contributed by atoms with van der Waals surface area (Å²) in [6.07, 6.45) is -0.436. The van der Waals surface area contributed by atoms with Crippen LogP contribution in [-0.4, -0.2) is 53.1 Å². The minimum Gasteiger partial charge on any atom is -0.444 e. The molecule has 0 unspecified atom stereocenters. The first-order valence-corrected chi connectivity index (χ1v) is 5.66. The third-order valence-corrected chi connectivity index (χ3v) is 2.78. The van der Waals surface area contributed by atoms with Crippen molar-refractivity contribution in [2.75, 3.05) is 13.1 Å². The number of nitrogens with zero attached hydrogens (tertiary/aromatic N) is 1. The van der Waals surface area contributed by atoms with Crippen molar-refractivity contribution in [3.63, 3.8) is 0 Å². The maximum Gasteiger partial charge on any atom is 0.410 e. The standard InChI is InChI=1S/C11H19NO4/c1-11(2,3)16-10(14)12-5-7-4-8(13)9(6-12)15-7/h7-9,13H,4-6H2,1-3H3/t7-,8-,9-/m0/s1. The molecule has 2 aliphatic heterocycles. The van der Waals surface area contributed by atoms with Crippen LogP contribution in [0.3, 0.4) is 0 Å². The van der Waals surface area contributed by atoms with Gasteiger partial charge in [-0.3, -0.25) is 0 Å². The van der Waals surface area contributed by atoms with Gasteiger partial charge in [0.2, 0.25) is 0 Å². The van der Waals surface area contributed by atoms with Gasteiger partial charge in [-0.15, -0.1) is 0 Å². The van der Waals surface area contributed by atoms with E-state index in [2.05, 4.69) is 0 Å². The molecule has 3 atom stereocenters. The van der Waals surface area contributed by atoms with Crippen LogP contribution in [-0.2, 0) is 9.47 Å². The Kier molecular flexibility index (Phi) is 2.84. The van der Waals surface area contributed by atoms with E-state index in [1.165, 1.54) is 0 Å². The van der Waals surface area contributed by atoms with Crippen LogP contribution in [0.2, 0.25) is 0 Å². The maximum atomic E-state index is 11.8. The summed E-state index contributed by atoms with van der Waals surface area (Å²) in [7, 11) is 0. The van der Waals surface area contributed by atoms with Gasteiger partial charge in [0.25, 0.3) is 0 Å². The zero-order chi connectivity index (χ0) is 11.9. The van der Waals surface area contributed by atoms with E-state index in [1.807, 2.05) is 20.8 Å². The van der Waals surface area contributed by atoms with Crippen LogP contribution in [0.5, 0.6) is 0 Å². The Balaban J connectivity index is 1.94. The Morgan fingerprint density at radius 3 is 2.69 bits per heavy atom. The van der Waals surface area contributed by atoms with Gasteiger partial charge in [0, 0.05) is 6.42 Å². The molecule has 5 heteroatoms. The van der Waals surface area contributed by atoms with Crippen molar-refractivity contribution in [3.05, 3.63) is 0 Å². The number of amides is 1. The number of carbonyl (C=O) groups excluding carboxylic acids is 1. The molecular weight excluding hydrogens is 210 g/mol. The second-order valence-electron chi connectivity index (χ2n) is 5.48. The summed E-state index contributed by atoms with van der Waals surface area (Å²) in [5.41, 5.74) is -0.479. The van der Waals surface area contributed by atoms with E-state index < -0.39 is 11.7 Å². The molecule has 2 rings (SSSR count). The number of aliphatic hydroxyl groups is 1. The number of carbonyl (C=O) groups is 1. The van der Waals surface area contributed by atoms with Gasteiger partial charge in [0.15, 0.2) is 0 Å². The van der Waals surface area contributed by atoms with Crippen LogP contribution in [0, 0.1) is 0 Å². The molecule has 16 heavy (non-hydrogen) atoms. The molecule has 2 bridgehead atoms. The maximum absolute atomic E-state index is 11.8. The van der Waals surface area contributed by atoms with E-state index in [9.17, 15) is 9.90 Å². The summed E-state index contributed by atoms with van der Waals surface area (Å²) in [5.74, 6) is 0. The predicted molar refractivity (Wildman–Crippen MR) is 57.1 cm³/mol. The SMILES string of the molecule is CC(C)(C)OC(=O)N1C[C@@H]2C[C@H](O)[C@H](C1)O2. The average Bonchev–Trinajstić information content (AvgIpc) is 2.37. The second kappa shape index (κ2) is 3.89. The Hall–Kier alpha value is -0.810. The minimum absolute atomic E-state index is 0.0405. The van der Waals surface area contributed by atoms with Crippen molar-refractivity contribution >= 4 is 6.09 Å². The van der Waals surface area contributed by atoms with Crippen molar-refractivity contribution in [1.82, 2.24) is 4.90 Å². The molecule has 0 aromatic heterocycles. The molecule has 0 spiro atoms. The Bertz CT molecular complexity index is 284. The number of aliphatic hydroxyl groups excluding tert-OH is 1. The molecule has 0 aromatic carbocycles. The monoisotopic (exact) mass is 229 g/mol. The van der Waals surface area contributed by atoms with Crippen LogP contribution in [0.1, 0.15) is 27.2 Å². The van der Waals surface area contributed by atoms with Crippen molar-refractivity contribution in [3.8, 4) is 0 Å². The van der Waals surface area contributed by atoms with Gasteiger partial charge in [0.05, 0.1) is 25.3 Å². The Morgan fingerprint density at radius 1 is 1.44 bits per heavy atom. The largest absolute Gasteiger partial charge is 0.444 e. The van der Waals surface area contributed by atoms with E-state index in [1.54, 1.807) is 4.90 Å². The Labute approximate surface area is 95.3 Å². The number of rotatable bonds is 0. The number of ether oxygens (including phenoxy) is 2. The summed E-state index contributed by atoms with van der Waals surface area (Å²) in [4.78, 5) is 13.4. The Morgan fingerprint density at radius 2 is 2.12 bits per heavy atom. The molecule has 0 aromatic rings. The topological polar surface area (TPSA) is 59.0 Å². The number of hydrogen-bond donors (Lipinski definition) is 1. The van der Waals surface area contributed by atoms with Gasteiger partial charge in [-0.1, -0.05) is 0 Å². The van der Waals surface area contributed by atoms with E-state index >= 15 is 0 Å². The fourth-order valence-electron chi connectivity index (χ4n) is 2.11. The smallest absolute Gasteiger partial charge is 0.410 e. The molecule has 5 nitrogen and oxygen atoms in total. The minimum atomic E-state index is -0.479. The van der Waals surface area contributed by atoms with Crippen LogP contribution in [0.25, 0.3) is 0 Å². The fraction of sp³-hybridized carbons (Fsp3) is 0.909. The lowest BCUT2D eigenvalue weighted by atomic mass is 10.2. The highest BCUT2D eigenvalue weighted by Crippen LogP contribution is 2.27. The predicted octanol–water partition coefficient (Wildman–Crippen LogP) is 0.755. The second-order valence-corrected chi connectivity index (χ2v) is 5.48. The van der Waals surface area contributed by atoms with Gasteiger partial charge >= 0.3 is 6.09 Å². The first kappa shape index (κ1) is 11.7. The number of morpholine rings is 1. The highest BCUT2D eigenvalue weighted by atomic mass is 16.6. The van der Waals surface area contributed by atoms with Crippen molar-refractivity contribution in [2.24, 2.45) is 0 Å². The van der Waals surface area contributed by atoms with Crippen molar-refractivity contribution in [2.45, 2.75) is 51.1 Å². The van der Waals surface area contributed by atoms with E-state index in [-0.39, 0.29) is 18.3 Å². The summed E-state index contributed by atoms with van der Waals surface area (Å²) >= 11 is 0. The summed E-state index contributed by atoms with van der Waals surface area (Å²) < 4.78 is 10.8. The third-order valence-electron chi connectivity index (χ3n) is 2.78. The molecule has 0 aliphatic carbocycles. The molecule has 2 aliphatic rings. The third kappa shape index (κ3) is 2.47. The van der Waals surface area contributed by atoms with Crippen LogP contribution in [0.4, 0.5) is 4.79 Å². The normalized spacial score (nSPS) is 34.0. The first-order chi connectivity index (χ1) is 7.35. The van der Waals surface area contributed by atoms with Crippen LogP contribution in [0.15, 0.2) is 0 Å². The quantitative estimate of drug-likeness (QED) is 0.666. The highest BCUT2D eigenvalue weighted by Gasteiger charge is 2.42. The van der Waals surface area contributed by atoms with Crippen LogP contribution < -0.4 is 0 Å². The van der Waals surface area contributed by atoms with Gasteiger partial charge in [-0.25, -0.2) is 4.79 Å². The summed E-state index contributed by atoms with van der Waals surface area (Å²) in [5, 5.41) is 9.63. The lowest BCUT2D eigenvalue weighted by Gasteiger charge is -2.33. The molecule has 0 saturated carbocycles. The summed E-state index contributed by atoms with van der Waals surface area (Å²) in [6.45, 7) is 6.47. The number of likely N-dealkylation sites (tertiary alicyclic amines) is 1. The van der Waals surface area contributed by atoms with Gasteiger partial charge in [0.1, 0.15) is 11.7 Å². The average molecular weight is 229 g/mol. The molecule has 1 N–H and O–H groups in total. The fourth-order valence-corrected chi connectivity index (χ4v) is 2.11. The van der Waals surface area contributed by atoms with Gasteiger partial charge in [-0.2, -0.15) is 0 Å².